The van der Waals surface area contributed by atoms with Gasteiger partial charge in [-0.15, -0.1) is 0 Å². The fourth-order valence-electron chi connectivity index (χ4n) is 1.30. The van der Waals surface area contributed by atoms with Gasteiger partial charge in [-0.2, -0.15) is 11.8 Å². The van der Waals surface area contributed by atoms with Crippen LogP contribution in [0.5, 0.6) is 0 Å². The van der Waals surface area contributed by atoms with Crippen molar-refractivity contribution >= 4 is 11.8 Å². The average molecular weight is 227 g/mol. The van der Waals surface area contributed by atoms with Crippen LogP contribution >= 0.6 is 11.8 Å². The highest BCUT2D eigenvalue weighted by atomic mass is 32.2. The first-order chi connectivity index (χ1) is 7.05. The second-order valence-electron chi connectivity index (χ2n) is 4.34. The normalized spacial score (nSPS) is 12.0. The molecule has 0 saturated carbocycles. The van der Waals surface area contributed by atoms with E-state index in [2.05, 4.69) is 35.0 Å². The van der Waals surface area contributed by atoms with Crippen molar-refractivity contribution < 1.29 is 0 Å². The Morgan fingerprint density at radius 1 is 1.53 bits per heavy atom. The minimum atomic E-state index is 0.321. The molecule has 0 aliphatic rings. The smallest absolute Gasteiger partial charge is 0.109 e. The molecule has 4 heteroatoms. The van der Waals surface area contributed by atoms with Crippen LogP contribution in [-0.4, -0.2) is 33.6 Å². The van der Waals surface area contributed by atoms with E-state index in [1.54, 1.807) is 0 Å². The Morgan fingerprint density at radius 2 is 2.27 bits per heavy atom. The number of hydrogen-bond donors (Lipinski definition) is 1. The molecular formula is C11H21N3S. The van der Waals surface area contributed by atoms with Gasteiger partial charge in [0.2, 0.25) is 0 Å². The van der Waals surface area contributed by atoms with Crippen LogP contribution < -0.4 is 5.32 Å². The van der Waals surface area contributed by atoms with Gasteiger partial charge in [-0.25, -0.2) is 4.98 Å². The van der Waals surface area contributed by atoms with Gasteiger partial charge in [-0.05, 0) is 20.1 Å². The van der Waals surface area contributed by atoms with Crippen molar-refractivity contribution in [3.05, 3.63) is 18.2 Å². The number of thioether (sulfide) groups is 1. The Hall–Kier alpha value is -0.480. The van der Waals surface area contributed by atoms with Crippen LogP contribution in [0.3, 0.4) is 0 Å². The fourth-order valence-corrected chi connectivity index (χ4v) is 1.55. The Balaban J connectivity index is 2.20. The highest BCUT2D eigenvalue weighted by Gasteiger charge is 2.14. The summed E-state index contributed by atoms with van der Waals surface area (Å²) >= 11 is 1.89. The average Bonchev–Trinajstić information content (AvgIpc) is 2.59. The molecular weight excluding hydrogens is 206 g/mol. The predicted molar refractivity (Wildman–Crippen MR) is 67.4 cm³/mol. The maximum absolute atomic E-state index is 4.29. The molecule has 0 amide bonds. The topological polar surface area (TPSA) is 29.9 Å². The van der Waals surface area contributed by atoms with Crippen molar-refractivity contribution in [2.45, 2.75) is 25.0 Å². The zero-order chi connectivity index (χ0) is 11.3. The lowest BCUT2D eigenvalue weighted by Gasteiger charge is -2.22. The second-order valence-corrected chi connectivity index (χ2v) is 5.86. The summed E-state index contributed by atoms with van der Waals surface area (Å²) < 4.78 is 2.39. The van der Waals surface area contributed by atoms with E-state index in [1.165, 1.54) is 0 Å². The summed E-state index contributed by atoms with van der Waals surface area (Å²) in [4.78, 5) is 4.29. The molecule has 1 heterocycles. The predicted octanol–water partition coefficient (Wildman–Crippen LogP) is 1.69. The third-order valence-electron chi connectivity index (χ3n) is 2.55. The van der Waals surface area contributed by atoms with E-state index < -0.39 is 0 Å². The lowest BCUT2D eigenvalue weighted by atomic mass is 10.2. The van der Waals surface area contributed by atoms with Gasteiger partial charge in [0.15, 0.2) is 0 Å². The molecule has 0 aromatic carbocycles. The summed E-state index contributed by atoms with van der Waals surface area (Å²) in [5.74, 6) is 1.14. The van der Waals surface area contributed by atoms with Crippen LogP contribution in [0, 0.1) is 0 Å². The molecule has 3 nitrogen and oxygen atoms in total. The molecule has 1 aromatic heterocycles. The molecule has 0 atom stereocenters. The van der Waals surface area contributed by atoms with Gasteiger partial charge in [0.1, 0.15) is 5.82 Å². The molecule has 0 saturated heterocycles. The lowest BCUT2D eigenvalue weighted by molar-refractivity contribution is 0.581. The zero-order valence-electron chi connectivity index (χ0n) is 10.1. The van der Waals surface area contributed by atoms with Crippen molar-refractivity contribution in [2.24, 2.45) is 7.05 Å². The van der Waals surface area contributed by atoms with E-state index in [1.807, 2.05) is 31.2 Å². The van der Waals surface area contributed by atoms with E-state index in [0.717, 1.165) is 25.3 Å². The van der Waals surface area contributed by atoms with Gasteiger partial charge in [0.05, 0.1) is 0 Å². The third-order valence-corrected chi connectivity index (χ3v) is 3.80. The Bertz CT molecular complexity index is 294. The first kappa shape index (κ1) is 12.6. The van der Waals surface area contributed by atoms with Gasteiger partial charge in [0, 0.05) is 43.7 Å². The SMILES string of the molecule is CSC(C)(C)CNCCc1nccn1C. The first-order valence-corrected chi connectivity index (χ1v) is 6.50. The van der Waals surface area contributed by atoms with Crippen LogP contribution in [0.4, 0.5) is 0 Å². The summed E-state index contributed by atoms with van der Waals surface area (Å²) in [5, 5.41) is 3.47. The Labute approximate surface area is 96.7 Å². The number of aromatic nitrogens is 2. The number of rotatable bonds is 6. The van der Waals surface area contributed by atoms with E-state index in [-0.39, 0.29) is 0 Å². The number of imidazole rings is 1. The van der Waals surface area contributed by atoms with E-state index in [9.17, 15) is 0 Å². The van der Waals surface area contributed by atoms with Crippen LogP contribution in [0.25, 0.3) is 0 Å². The molecule has 86 valence electrons. The minimum Gasteiger partial charge on any atom is -0.338 e. The Morgan fingerprint density at radius 3 is 2.80 bits per heavy atom. The second kappa shape index (κ2) is 5.56. The summed E-state index contributed by atoms with van der Waals surface area (Å²) in [6, 6.07) is 0. The standard InChI is InChI=1S/C11H21N3S/c1-11(2,15-4)9-12-6-5-10-13-7-8-14(10)3/h7-8,12H,5-6,9H2,1-4H3. The molecule has 0 bridgehead atoms. The molecule has 0 radical (unpaired) electrons. The quantitative estimate of drug-likeness (QED) is 0.750. The lowest BCUT2D eigenvalue weighted by Crippen LogP contribution is -2.33. The maximum atomic E-state index is 4.29. The highest BCUT2D eigenvalue weighted by molar-refractivity contribution is 7.99. The van der Waals surface area contributed by atoms with Gasteiger partial charge in [-0.1, -0.05) is 0 Å². The van der Waals surface area contributed by atoms with Crippen molar-refractivity contribution in [1.29, 1.82) is 0 Å². The molecule has 0 fully saturated rings. The third kappa shape index (κ3) is 4.26. The number of aryl methyl sites for hydroxylation is 1. The molecule has 0 unspecified atom stereocenters. The largest absolute Gasteiger partial charge is 0.338 e. The first-order valence-electron chi connectivity index (χ1n) is 5.27. The Kier molecular flexibility index (Phi) is 4.67. The van der Waals surface area contributed by atoms with Crippen LogP contribution in [0.1, 0.15) is 19.7 Å². The van der Waals surface area contributed by atoms with Gasteiger partial charge in [0.25, 0.3) is 0 Å². The number of hydrogen-bond acceptors (Lipinski definition) is 3. The van der Waals surface area contributed by atoms with Crippen molar-refractivity contribution in [3.63, 3.8) is 0 Å². The molecule has 0 aliphatic carbocycles. The molecule has 15 heavy (non-hydrogen) atoms. The monoisotopic (exact) mass is 227 g/mol. The van der Waals surface area contributed by atoms with E-state index in [4.69, 9.17) is 0 Å². The molecule has 1 N–H and O–H groups in total. The summed E-state index contributed by atoms with van der Waals surface area (Å²) in [6.07, 6.45) is 6.98. The highest BCUT2D eigenvalue weighted by Crippen LogP contribution is 2.19. The van der Waals surface area contributed by atoms with Gasteiger partial charge >= 0.3 is 0 Å². The van der Waals surface area contributed by atoms with Gasteiger partial charge < -0.3 is 9.88 Å². The van der Waals surface area contributed by atoms with Crippen LogP contribution in [0.15, 0.2) is 12.4 Å². The van der Waals surface area contributed by atoms with E-state index in [0.29, 0.717) is 4.75 Å². The van der Waals surface area contributed by atoms with E-state index >= 15 is 0 Å². The molecule has 1 rings (SSSR count). The molecule has 0 spiro atoms. The number of nitrogens with one attached hydrogen (secondary N) is 1. The molecule has 1 aromatic rings. The van der Waals surface area contributed by atoms with Crippen LogP contribution in [0.2, 0.25) is 0 Å². The summed E-state index contributed by atoms with van der Waals surface area (Å²) in [7, 11) is 2.04. The van der Waals surface area contributed by atoms with Crippen LogP contribution in [-0.2, 0) is 13.5 Å². The fraction of sp³-hybridized carbons (Fsp3) is 0.727. The minimum absolute atomic E-state index is 0.321. The van der Waals surface area contributed by atoms with Gasteiger partial charge in [-0.3, -0.25) is 0 Å². The number of nitrogens with zero attached hydrogens (tertiary/aromatic N) is 2. The molecule has 0 aliphatic heterocycles. The van der Waals surface area contributed by atoms with Crippen molar-refractivity contribution in [2.75, 3.05) is 19.3 Å². The maximum Gasteiger partial charge on any atom is 0.109 e. The summed E-state index contributed by atoms with van der Waals surface area (Å²) in [5.41, 5.74) is 0. The summed E-state index contributed by atoms with van der Waals surface area (Å²) in [6.45, 7) is 6.55. The van der Waals surface area contributed by atoms with Crippen molar-refractivity contribution in [1.82, 2.24) is 14.9 Å². The zero-order valence-corrected chi connectivity index (χ0v) is 10.9. The van der Waals surface area contributed by atoms with Crippen molar-refractivity contribution in [3.8, 4) is 0 Å².